The lowest BCUT2D eigenvalue weighted by Gasteiger charge is -2.34. The highest BCUT2D eigenvalue weighted by Gasteiger charge is 2.21. The van der Waals surface area contributed by atoms with Gasteiger partial charge in [-0.05, 0) is 39.0 Å². The summed E-state index contributed by atoms with van der Waals surface area (Å²) >= 11 is 0. The van der Waals surface area contributed by atoms with Crippen molar-refractivity contribution in [3.63, 3.8) is 0 Å². The molecule has 1 unspecified atom stereocenters. The van der Waals surface area contributed by atoms with E-state index in [0.29, 0.717) is 12.1 Å². The Morgan fingerprint density at radius 2 is 1.80 bits per heavy atom. The average Bonchev–Trinajstić information content (AvgIpc) is 2.71. The van der Waals surface area contributed by atoms with Crippen molar-refractivity contribution in [1.29, 1.82) is 0 Å². The van der Waals surface area contributed by atoms with Gasteiger partial charge in [-0.3, -0.25) is 0 Å². The summed E-state index contributed by atoms with van der Waals surface area (Å²) in [4.78, 5) is 6.96. The second-order valence-corrected chi connectivity index (χ2v) is 4.96. The number of hydrogen-bond acceptors (Lipinski definition) is 1. The van der Waals surface area contributed by atoms with Crippen LogP contribution in [0.15, 0.2) is 4.99 Å². The monoisotopic (exact) mass is 209 g/mol. The molecule has 3 nitrogen and oxygen atoms in total. The van der Waals surface area contributed by atoms with Crippen molar-refractivity contribution in [2.45, 2.75) is 64.0 Å². The number of likely N-dealkylation sites (tertiary alicyclic amines) is 1. The molecule has 1 aliphatic carbocycles. The molecule has 2 rings (SSSR count). The summed E-state index contributed by atoms with van der Waals surface area (Å²) in [6.07, 6.45) is 9.01. The molecule has 1 saturated carbocycles. The van der Waals surface area contributed by atoms with Crippen LogP contribution in [0.2, 0.25) is 0 Å². The minimum atomic E-state index is 0.513. The van der Waals surface area contributed by atoms with Gasteiger partial charge in [0.2, 0.25) is 0 Å². The number of nitrogens with two attached hydrogens (primary N) is 1. The number of rotatable bonds is 1. The third kappa shape index (κ3) is 2.64. The molecule has 2 fully saturated rings. The fourth-order valence-corrected chi connectivity index (χ4v) is 2.73. The summed E-state index contributed by atoms with van der Waals surface area (Å²) in [6, 6.07) is 1.10. The van der Waals surface area contributed by atoms with Crippen LogP contribution in [0.4, 0.5) is 0 Å². The van der Waals surface area contributed by atoms with Crippen LogP contribution in [0, 0.1) is 0 Å². The van der Waals surface area contributed by atoms with Crippen LogP contribution in [0.1, 0.15) is 51.9 Å². The standard InChI is InChI=1S/C12H23N3/c1-10-6-4-5-9-15(10)12(13)14-11-7-2-3-8-11/h10-11H,2-9H2,1H3,(H2,13,14). The largest absolute Gasteiger partial charge is 0.370 e. The predicted octanol–water partition coefficient (Wildman–Crippen LogP) is 2.12. The van der Waals surface area contributed by atoms with E-state index in [0.717, 1.165) is 12.5 Å². The fraction of sp³-hybridized carbons (Fsp3) is 0.917. The van der Waals surface area contributed by atoms with Crippen LogP contribution in [0.3, 0.4) is 0 Å². The molecule has 86 valence electrons. The first kappa shape index (κ1) is 10.8. The summed E-state index contributed by atoms with van der Waals surface area (Å²) in [6.45, 7) is 3.36. The van der Waals surface area contributed by atoms with Gasteiger partial charge in [0.1, 0.15) is 0 Å². The van der Waals surface area contributed by atoms with E-state index in [1.54, 1.807) is 0 Å². The van der Waals surface area contributed by atoms with Gasteiger partial charge in [-0.25, -0.2) is 4.99 Å². The highest BCUT2D eigenvalue weighted by atomic mass is 15.3. The summed E-state index contributed by atoms with van der Waals surface area (Å²) in [5, 5.41) is 0. The molecule has 0 aromatic carbocycles. The van der Waals surface area contributed by atoms with Crippen molar-refractivity contribution in [2.24, 2.45) is 10.7 Å². The van der Waals surface area contributed by atoms with Crippen molar-refractivity contribution in [2.75, 3.05) is 6.54 Å². The van der Waals surface area contributed by atoms with E-state index in [2.05, 4.69) is 16.8 Å². The maximum atomic E-state index is 6.09. The van der Waals surface area contributed by atoms with E-state index in [1.807, 2.05) is 0 Å². The van der Waals surface area contributed by atoms with Crippen LogP contribution < -0.4 is 5.73 Å². The van der Waals surface area contributed by atoms with Gasteiger partial charge in [0.05, 0.1) is 6.04 Å². The molecule has 1 heterocycles. The maximum absolute atomic E-state index is 6.09. The fourth-order valence-electron chi connectivity index (χ4n) is 2.73. The Morgan fingerprint density at radius 3 is 2.47 bits per heavy atom. The second-order valence-electron chi connectivity index (χ2n) is 4.96. The zero-order chi connectivity index (χ0) is 10.7. The minimum Gasteiger partial charge on any atom is -0.370 e. The predicted molar refractivity (Wildman–Crippen MR) is 63.9 cm³/mol. The van der Waals surface area contributed by atoms with Gasteiger partial charge in [0.15, 0.2) is 5.96 Å². The molecular weight excluding hydrogens is 186 g/mol. The molecule has 0 aromatic heterocycles. The van der Waals surface area contributed by atoms with Gasteiger partial charge >= 0.3 is 0 Å². The van der Waals surface area contributed by atoms with Gasteiger partial charge in [0, 0.05) is 12.6 Å². The topological polar surface area (TPSA) is 41.6 Å². The maximum Gasteiger partial charge on any atom is 0.191 e. The number of aliphatic imine (C=N–C) groups is 1. The Hall–Kier alpha value is -0.730. The summed E-state index contributed by atoms with van der Waals surface area (Å²) < 4.78 is 0. The quantitative estimate of drug-likeness (QED) is 0.531. The van der Waals surface area contributed by atoms with Gasteiger partial charge in [-0.2, -0.15) is 0 Å². The third-order valence-corrected chi connectivity index (χ3v) is 3.74. The molecule has 0 amide bonds. The van der Waals surface area contributed by atoms with Crippen molar-refractivity contribution in [1.82, 2.24) is 4.90 Å². The van der Waals surface area contributed by atoms with Crippen LogP contribution in [0.5, 0.6) is 0 Å². The van der Waals surface area contributed by atoms with E-state index in [1.165, 1.54) is 44.9 Å². The van der Waals surface area contributed by atoms with E-state index in [9.17, 15) is 0 Å². The molecule has 0 radical (unpaired) electrons. The number of guanidine groups is 1. The lowest BCUT2D eigenvalue weighted by atomic mass is 10.0. The molecule has 0 aromatic rings. The molecule has 1 saturated heterocycles. The lowest BCUT2D eigenvalue weighted by molar-refractivity contribution is 0.254. The first-order chi connectivity index (χ1) is 7.27. The van der Waals surface area contributed by atoms with E-state index < -0.39 is 0 Å². The van der Waals surface area contributed by atoms with Gasteiger partial charge in [0.25, 0.3) is 0 Å². The average molecular weight is 209 g/mol. The van der Waals surface area contributed by atoms with Crippen LogP contribution >= 0.6 is 0 Å². The second kappa shape index (κ2) is 4.86. The van der Waals surface area contributed by atoms with Gasteiger partial charge < -0.3 is 10.6 Å². The SMILES string of the molecule is CC1CCCCN1C(N)=NC1CCCC1. The minimum absolute atomic E-state index is 0.513. The molecule has 1 aliphatic heterocycles. The molecule has 15 heavy (non-hydrogen) atoms. The number of hydrogen-bond donors (Lipinski definition) is 1. The molecular formula is C12H23N3. The molecule has 0 spiro atoms. The van der Waals surface area contributed by atoms with Gasteiger partial charge in [-0.1, -0.05) is 12.8 Å². The first-order valence-electron chi connectivity index (χ1n) is 6.37. The Balaban J connectivity index is 1.95. The molecule has 1 atom stereocenters. The van der Waals surface area contributed by atoms with E-state index in [-0.39, 0.29) is 0 Å². The summed E-state index contributed by atoms with van der Waals surface area (Å²) in [5.41, 5.74) is 6.09. The Labute approximate surface area is 92.7 Å². The number of nitrogens with zero attached hydrogens (tertiary/aromatic N) is 2. The van der Waals surface area contributed by atoms with Crippen LogP contribution in [-0.2, 0) is 0 Å². The van der Waals surface area contributed by atoms with E-state index >= 15 is 0 Å². The Morgan fingerprint density at radius 1 is 1.13 bits per heavy atom. The van der Waals surface area contributed by atoms with Crippen molar-refractivity contribution >= 4 is 5.96 Å². The van der Waals surface area contributed by atoms with Crippen molar-refractivity contribution in [3.8, 4) is 0 Å². The number of piperidine rings is 1. The zero-order valence-corrected chi connectivity index (χ0v) is 9.78. The summed E-state index contributed by atoms with van der Waals surface area (Å²) in [5.74, 6) is 0.800. The Bertz CT molecular complexity index is 231. The molecule has 2 aliphatic rings. The Kier molecular flexibility index (Phi) is 3.49. The van der Waals surface area contributed by atoms with Crippen molar-refractivity contribution in [3.05, 3.63) is 0 Å². The zero-order valence-electron chi connectivity index (χ0n) is 9.78. The molecule has 2 N–H and O–H groups in total. The smallest absolute Gasteiger partial charge is 0.191 e. The highest BCUT2D eigenvalue weighted by Crippen LogP contribution is 2.22. The van der Waals surface area contributed by atoms with Gasteiger partial charge in [-0.15, -0.1) is 0 Å². The normalized spacial score (nSPS) is 29.8. The summed E-state index contributed by atoms with van der Waals surface area (Å²) in [7, 11) is 0. The van der Waals surface area contributed by atoms with Crippen molar-refractivity contribution < 1.29 is 0 Å². The first-order valence-corrected chi connectivity index (χ1v) is 6.37. The highest BCUT2D eigenvalue weighted by molar-refractivity contribution is 5.78. The lowest BCUT2D eigenvalue weighted by Crippen LogP contribution is -2.46. The third-order valence-electron chi connectivity index (χ3n) is 3.74. The molecule has 0 bridgehead atoms. The van der Waals surface area contributed by atoms with Crippen LogP contribution in [0.25, 0.3) is 0 Å². The molecule has 3 heteroatoms. The van der Waals surface area contributed by atoms with Crippen LogP contribution in [-0.4, -0.2) is 29.5 Å². The van der Waals surface area contributed by atoms with E-state index in [4.69, 9.17) is 5.73 Å².